The smallest absolute Gasteiger partial charge is 0.290 e. The van der Waals surface area contributed by atoms with Crippen molar-refractivity contribution in [1.29, 1.82) is 0 Å². The van der Waals surface area contributed by atoms with Crippen LogP contribution in [0.25, 0.3) is 0 Å². The minimum absolute atomic E-state index is 0.214. The first kappa shape index (κ1) is 22.5. The Hall–Kier alpha value is -2.65. The summed E-state index contributed by atoms with van der Waals surface area (Å²) in [6.45, 7) is 3.61. The van der Waals surface area contributed by atoms with Gasteiger partial charge in [-0.2, -0.15) is 4.31 Å². The van der Waals surface area contributed by atoms with Crippen LogP contribution < -0.4 is 5.32 Å². The average molecular weight is 460 g/mol. The standard InChI is InChI=1S/C23H29N3O5S/c1-17-6-4-13-25(16-17)32(29,30)19-11-9-18(10-12-19)24-22(27)20-7-2-3-14-26(20)23(28)21-8-5-15-31-21/h5,8-12,15,17,20H,2-4,6-7,13-14,16H2,1H3,(H,24,27). The van der Waals surface area contributed by atoms with Gasteiger partial charge >= 0.3 is 0 Å². The number of hydrogen-bond donors (Lipinski definition) is 1. The second-order valence-corrected chi connectivity index (χ2v) is 10.5. The summed E-state index contributed by atoms with van der Waals surface area (Å²) < 4.78 is 32.6. The lowest BCUT2D eigenvalue weighted by atomic mass is 10.0. The van der Waals surface area contributed by atoms with E-state index < -0.39 is 16.1 Å². The van der Waals surface area contributed by atoms with Crippen molar-refractivity contribution in [2.45, 2.75) is 50.0 Å². The van der Waals surface area contributed by atoms with Crippen molar-refractivity contribution in [3.05, 3.63) is 48.4 Å². The average Bonchev–Trinajstić information content (AvgIpc) is 3.34. The molecule has 32 heavy (non-hydrogen) atoms. The molecule has 2 aliphatic heterocycles. The molecule has 2 atom stereocenters. The molecular weight excluding hydrogens is 430 g/mol. The summed E-state index contributed by atoms with van der Waals surface area (Å²) in [6, 6.07) is 8.88. The van der Waals surface area contributed by atoms with Crippen molar-refractivity contribution in [1.82, 2.24) is 9.21 Å². The van der Waals surface area contributed by atoms with Crippen LogP contribution in [0.15, 0.2) is 52.0 Å². The van der Waals surface area contributed by atoms with Crippen molar-refractivity contribution in [2.75, 3.05) is 25.0 Å². The predicted molar refractivity (Wildman–Crippen MR) is 120 cm³/mol. The zero-order valence-corrected chi connectivity index (χ0v) is 19.0. The summed E-state index contributed by atoms with van der Waals surface area (Å²) in [5.74, 6) is -0.0252. The van der Waals surface area contributed by atoms with Crippen LogP contribution in [0.3, 0.4) is 0 Å². The zero-order valence-electron chi connectivity index (χ0n) is 18.2. The Morgan fingerprint density at radius 2 is 1.81 bits per heavy atom. The number of nitrogens with one attached hydrogen (secondary N) is 1. The predicted octanol–water partition coefficient (Wildman–Crippen LogP) is 3.33. The maximum Gasteiger partial charge on any atom is 0.290 e. The molecule has 9 heteroatoms. The van der Waals surface area contributed by atoms with E-state index in [1.807, 2.05) is 0 Å². The van der Waals surface area contributed by atoms with E-state index in [0.717, 1.165) is 25.7 Å². The molecule has 4 rings (SSSR count). The highest BCUT2D eigenvalue weighted by molar-refractivity contribution is 7.89. The molecule has 172 valence electrons. The van der Waals surface area contributed by atoms with E-state index in [-0.39, 0.29) is 22.5 Å². The van der Waals surface area contributed by atoms with Gasteiger partial charge in [0.25, 0.3) is 5.91 Å². The molecule has 2 unspecified atom stereocenters. The molecule has 2 aromatic rings. The summed E-state index contributed by atoms with van der Waals surface area (Å²) in [6.07, 6.45) is 5.59. The molecule has 2 aliphatic rings. The van der Waals surface area contributed by atoms with Crippen molar-refractivity contribution in [3.63, 3.8) is 0 Å². The van der Waals surface area contributed by atoms with Gasteiger partial charge in [0, 0.05) is 25.3 Å². The van der Waals surface area contributed by atoms with E-state index in [4.69, 9.17) is 4.42 Å². The number of sulfonamides is 1. The lowest BCUT2D eigenvalue weighted by Gasteiger charge is -2.34. The van der Waals surface area contributed by atoms with Crippen LogP contribution in [0.4, 0.5) is 5.69 Å². The highest BCUT2D eigenvalue weighted by Crippen LogP contribution is 2.25. The number of rotatable bonds is 5. The summed E-state index contributed by atoms with van der Waals surface area (Å²) in [4.78, 5) is 27.5. The summed E-state index contributed by atoms with van der Waals surface area (Å²) in [5, 5.41) is 2.84. The van der Waals surface area contributed by atoms with Crippen molar-refractivity contribution in [3.8, 4) is 0 Å². The molecule has 2 saturated heterocycles. The van der Waals surface area contributed by atoms with Crippen molar-refractivity contribution < 1.29 is 22.4 Å². The Morgan fingerprint density at radius 3 is 2.50 bits per heavy atom. The summed E-state index contributed by atoms with van der Waals surface area (Å²) >= 11 is 0. The Labute approximate surface area is 188 Å². The van der Waals surface area contributed by atoms with Crippen LogP contribution in [0.5, 0.6) is 0 Å². The number of likely N-dealkylation sites (tertiary alicyclic amines) is 1. The van der Waals surface area contributed by atoms with E-state index in [1.165, 1.54) is 22.7 Å². The number of benzene rings is 1. The van der Waals surface area contributed by atoms with Crippen LogP contribution in [-0.2, 0) is 14.8 Å². The van der Waals surface area contributed by atoms with E-state index in [9.17, 15) is 18.0 Å². The largest absolute Gasteiger partial charge is 0.459 e. The Bertz CT molecular complexity index is 1050. The number of anilines is 1. The second kappa shape index (κ2) is 9.46. The maximum atomic E-state index is 13.0. The van der Waals surface area contributed by atoms with Crippen LogP contribution in [0.2, 0.25) is 0 Å². The van der Waals surface area contributed by atoms with Crippen molar-refractivity contribution >= 4 is 27.5 Å². The minimum Gasteiger partial charge on any atom is -0.459 e. The molecule has 2 amide bonds. The Kier molecular flexibility index (Phi) is 6.66. The number of carbonyl (C=O) groups excluding carboxylic acids is 2. The number of hydrogen-bond acceptors (Lipinski definition) is 5. The fourth-order valence-electron chi connectivity index (χ4n) is 4.44. The maximum absolute atomic E-state index is 13.0. The highest BCUT2D eigenvalue weighted by Gasteiger charge is 2.34. The molecule has 0 aliphatic carbocycles. The fourth-order valence-corrected chi connectivity index (χ4v) is 6.04. The van der Waals surface area contributed by atoms with Gasteiger partial charge in [-0.3, -0.25) is 9.59 Å². The van der Waals surface area contributed by atoms with E-state index >= 15 is 0 Å². The normalized spacial score (nSPS) is 22.5. The number of piperidine rings is 2. The van der Waals surface area contributed by atoms with Gasteiger partial charge in [0.1, 0.15) is 6.04 Å². The summed E-state index contributed by atoms with van der Waals surface area (Å²) in [5.41, 5.74) is 0.497. The molecular formula is C23H29N3O5S. The van der Waals surface area contributed by atoms with Gasteiger partial charge in [0.15, 0.2) is 5.76 Å². The molecule has 2 fully saturated rings. The Balaban J connectivity index is 1.44. The van der Waals surface area contributed by atoms with Gasteiger partial charge in [-0.1, -0.05) is 6.92 Å². The highest BCUT2D eigenvalue weighted by atomic mass is 32.2. The van der Waals surface area contributed by atoms with Crippen LogP contribution in [0, 0.1) is 5.92 Å². The van der Waals surface area contributed by atoms with Gasteiger partial charge in [0.05, 0.1) is 11.2 Å². The van der Waals surface area contributed by atoms with Gasteiger partial charge in [0.2, 0.25) is 15.9 Å². The monoisotopic (exact) mass is 459 g/mol. The van der Waals surface area contributed by atoms with Crippen LogP contribution >= 0.6 is 0 Å². The molecule has 3 heterocycles. The first-order valence-corrected chi connectivity index (χ1v) is 12.6. The number of carbonyl (C=O) groups is 2. The lowest BCUT2D eigenvalue weighted by molar-refractivity contribution is -0.121. The topological polar surface area (TPSA) is 99.9 Å². The third kappa shape index (κ3) is 4.73. The van der Waals surface area contributed by atoms with Gasteiger partial charge in [-0.25, -0.2) is 8.42 Å². The molecule has 1 aromatic heterocycles. The minimum atomic E-state index is -3.55. The van der Waals surface area contributed by atoms with Gasteiger partial charge < -0.3 is 14.6 Å². The number of nitrogens with zero attached hydrogens (tertiary/aromatic N) is 2. The molecule has 1 N–H and O–H groups in total. The third-order valence-electron chi connectivity index (χ3n) is 6.18. The molecule has 0 bridgehead atoms. The molecule has 8 nitrogen and oxygen atoms in total. The van der Waals surface area contributed by atoms with Crippen LogP contribution in [0.1, 0.15) is 49.6 Å². The van der Waals surface area contributed by atoms with Gasteiger partial charge in [-0.05, 0) is 74.4 Å². The number of furan rings is 1. The second-order valence-electron chi connectivity index (χ2n) is 8.61. The lowest BCUT2D eigenvalue weighted by Crippen LogP contribution is -2.49. The third-order valence-corrected chi connectivity index (χ3v) is 8.06. The first-order valence-electron chi connectivity index (χ1n) is 11.1. The Morgan fingerprint density at radius 1 is 1.03 bits per heavy atom. The molecule has 1 aromatic carbocycles. The summed E-state index contributed by atoms with van der Waals surface area (Å²) in [7, 11) is -3.55. The van der Waals surface area contributed by atoms with E-state index in [2.05, 4.69) is 12.2 Å². The number of amides is 2. The fraction of sp³-hybridized carbons (Fsp3) is 0.478. The van der Waals surface area contributed by atoms with Crippen molar-refractivity contribution in [2.24, 2.45) is 5.92 Å². The quantitative estimate of drug-likeness (QED) is 0.739. The molecule has 0 spiro atoms. The molecule has 0 radical (unpaired) electrons. The SMILES string of the molecule is CC1CCCN(S(=O)(=O)c2ccc(NC(=O)C3CCCCN3C(=O)c3ccco3)cc2)C1. The van der Waals surface area contributed by atoms with Crippen LogP contribution in [-0.4, -0.2) is 55.1 Å². The van der Waals surface area contributed by atoms with E-state index in [0.29, 0.717) is 37.7 Å². The zero-order chi connectivity index (χ0) is 22.7. The van der Waals surface area contributed by atoms with Gasteiger partial charge in [-0.15, -0.1) is 0 Å². The van der Waals surface area contributed by atoms with E-state index in [1.54, 1.807) is 29.2 Å². The first-order chi connectivity index (χ1) is 15.4. The molecule has 0 saturated carbocycles.